The number of hydrogen-bond donors (Lipinski definition) is 0. The number of hydrogen-bond acceptors (Lipinski definition) is 7. The molecule has 28 heavy (non-hydrogen) atoms. The van der Waals surface area contributed by atoms with E-state index in [4.69, 9.17) is 9.15 Å². The van der Waals surface area contributed by atoms with Gasteiger partial charge >= 0.3 is 5.97 Å². The Morgan fingerprint density at radius 1 is 1.21 bits per heavy atom. The topological polar surface area (TPSA) is 85.5 Å². The lowest BCUT2D eigenvalue weighted by atomic mass is 10.1. The molecule has 9 heteroatoms. The normalized spacial score (nSPS) is 13.9. The van der Waals surface area contributed by atoms with Crippen molar-refractivity contribution < 1.29 is 18.7 Å². The summed E-state index contributed by atoms with van der Waals surface area (Å²) < 4.78 is 11.7. The Morgan fingerprint density at radius 3 is 2.71 bits per heavy atom. The number of carbonyl (C=O) groups is 2. The molecule has 7 nitrogen and oxygen atoms in total. The molecule has 1 aliphatic heterocycles. The number of amides is 1. The fourth-order valence-corrected chi connectivity index (χ4v) is 4.20. The van der Waals surface area contributed by atoms with Gasteiger partial charge in [-0.05, 0) is 52.2 Å². The molecule has 1 amide bonds. The number of carbonyl (C=O) groups excluding carboxylic acids is 2. The third kappa shape index (κ3) is 4.31. The van der Waals surface area contributed by atoms with Crippen molar-refractivity contribution in [2.24, 2.45) is 0 Å². The third-order valence-corrected chi connectivity index (χ3v) is 5.92. The predicted molar refractivity (Wildman–Crippen MR) is 106 cm³/mol. The van der Waals surface area contributed by atoms with Crippen LogP contribution >= 0.6 is 27.3 Å². The Labute approximate surface area is 173 Å². The van der Waals surface area contributed by atoms with Gasteiger partial charge in [-0.15, -0.1) is 21.5 Å². The fourth-order valence-electron chi connectivity index (χ4n) is 2.89. The van der Waals surface area contributed by atoms with E-state index in [1.165, 1.54) is 11.3 Å². The molecule has 4 rings (SSSR count). The molecule has 0 aliphatic carbocycles. The summed E-state index contributed by atoms with van der Waals surface area (Å²) >= 11 is 4.86. The monoisotopic (exact) mass is 461 g/mol. The number of rotatable bonds is 6. The van der Waals surface area contributed by atoms with Crippen LogP contribution in [0.4, 0.5) is 0 Å². The summed E-state index contributed by atoms with van der Waals surface area (Å²) in [6.45, 7) is 1.26. The summed E-state index contributed by atoms with van der Waals surface area (Å²) in [6, 6.07) is 10.8. The van der Waals surface area contributed by atoms with Crippen LogP contribution in [0, 0.1) is 0 Å². The van der Waals surface area contributed by atoms with E-state index in [0.29, 0.717) is 24.4 Å². The van der Waals surface area contributed by atoms with Crippen molar-refractivity contribution in [1.29, 1.82) is 0 Å². The van der Waals surface area contributed by atoms with Crippen LogP contribution in [0.25, 0.3) is 10.8 Å². The summed E-state index contributed by atoms with van der Waals surface area (Å²) in [5.74, 6) is 0.333. The molecule has 1 aromatic carbocycles. The van der Waals surface area contributed by atoms with Crippen molar-refractivity contribution in [3.05, 3.63) is 57.2 Å². The van der Waals surface area contributed by atoms with Crippen molar-refractivity contribution in [3.63, 3.8) is 0 Å². The molecule has 1 saturated heterocycles. The second-order valence-corrected chi connectivity index (χ2v) is 8.76. The summed E-state index contributed by atoms with van der Waals surface area (Å²) in [4.78, 5) is 26.6. The number of ether oxygens (including phenoxy) is 1. The Hall–Kier alpha value is -2.52. The predicted octanol–water partition coefficient (Wildman–Crippen LogP) is 4.04. The Kier molecular flexibility index (Phi) is 5.54. The van der Waals surface area contributed by atoms with Gasteiger partial charge in [-0.25, -0.2) is 4.79 Å². The first kappa shape index (κ1) is 18.8. The zero-order valence-corrected chi connectivity index (χ0v) is 17.2. The molecule has 0 saturated carbocycles. The molecule has 0 N–H and O–H groups in total. The van der Waals surface area contributed by atoms with E-state index < -0.39 is 5.97 Å². The van der Waals surface area contributed by atoms with Gasteiger partial charge in [-0.3, -0.25) is 4.79 Å². The van der Waals surface area contributed by atoms with Crippen molar-refractivity contribution in [3.8, 4) is 10.8 Å². The van der Waals surface area contributed by atoms with Gasteiger partial charge in [0.05, 0.1) is 14.2 Å². The van der Waals surface area contributed by atoms with Gasteiger partial charge in [0.25, 0.3) is 11.8 Å². The van der Waals surface area contributed by atoms with Gasteiger partial charge in [-0.2, -0.15) is 0 Å². The minimum Gasteiger partial charge on any atom is -0.452 e. The van der Waals surface area contributed by atoms with Gasteiger partial charge in [0.2, 0.25) is 5.91 Å². The van der Waals surface area contributed by atoms with Crippen LogP contribution in [0.15, 0.2) is 44.6 Å². The molecule has 0 spiro atoms. The number of halogens is 1. The first-order valence-electron chi connectivity index (χ1n) is 8.70. The number of likely N-dealkylation sites (tertiary alicyclic amines) is 1. The third-order valence-electron chi connectivity index (χ3n) is 4.31. The highest BCUT2D eigenvalue weighted by atomic mass is 79.9. The fraction of sp³-hybridized carbons (Fsp3) is 0.263. The highest BCUT2D eigenvalue weighted by molar-refractivity contribution is 9.11. The molecule has 1 fully saturated rings. The molecule has 3 aromatic rings. The molecule has 3 heterocycles. The van der Waals surface area contributed by atoms with Crippen LogP contribution in [-0.4, -0.2) is 33.5 Å². The maximum Gasteiger partial charge on any atom is 0.338 e. The summed E-state index contributed by atoms with van der Waals surface area (Å²) in [5.41, 5.74) is 1.41. The first-order valence-corrected chi connectivity index (χ1v) is 10.3. The van der Waals surface area contributed by atoms with E-state index in [9.17, 15) is 9.59 Å². The summed E-state index contributed by atoms with van der Waals surface area (Å²) in [7, 11) is 0. The number of aromatic nitrogens is 2. The Bertz CT molecular complexity index is 999. The SMILES string of the molecule is O=C(OCc1nnc(-c2ccc(Br)s2)o1)c1ccc(CN2CCCC2=O)cc1. The lowest BCUT2D eigenvalue weighted by Gasteiger charge is -2.15. The molecule has 0 unspecified atom stereocenters. The molecule has 0 bridgehead atoms. The van der Waals surface area contributed by atoms with E-state index in [-0.39, 0.29) is 18.4 Å². The molecule has 0 atom stereocenters. The molecule has 0 radical (unpaired) electrons. The van der Waals surface area contributed by atoms with Gasteiger partial charge in [0.15, 0.2) is 6.61 Å². The van der Waals surface area contributed by atoms with Gasteiger partial charge < -0.3 is 14.1 Å². The van der Waals surface area contributed by atoms with Crippen LogP contribution in [0.2, 0.25) is 0 Å². The largest absolute Gasteiger partial charge is 0.452 e. The van der Waals surface area contributed by atoms with E-state index in [2.05, 4.69) is 26.1 Å². The summed E-state index contributed by atoms with van der Waals surface area (Å²) in [6.07, 6.45) is 1.52. The lowest BCUT2D eigenvalue weighted by molar-refractivity contribution is -0.128. The van der Waals surface area contributed by atoms with E-state index in [1.54, 1.807) is 12.1 Å². The average molecular weight is 462 g/mol. The van der Waals surface area contributed by atoms with Crippen LogP contribution in [0.5, 0.6) is 0 Å². The van der Waals surface area contributed by atoms with Crippen molar-refractivity contribution in [2.45, 2.75) is 26.0 Å². The zero-order chi connectivity index (χ0) is 19.5. The van der Waals surface area contributed by atoms with E-state index >= 15 is 0 Å². The first-order chi connectivity index (χ1) is 13.6. The number of nitrogens with zero attached hydrogens (tertiary/aromatic N) is 3. The molecule has 1 aliphatic rings. The molecular formula is C19H16BrN3O4S. The second kappa shape index (κ2) is 8.24. The smallest absolute Gasteiger partial charge is 0.338 e. The molecule has 144 valence electrons. The maximum atomic E-state index is 12.2. The number of benzene rings is 1. The summed E-state index contributed by atoms with van der Waals surface area (Å²) in [5, 5.41) is 7.87. The van der Waals surface area contributed by atoms with Gasteiger partial charge in [0, 0.05) is 19.5 Å². The number of esters is 1. The highest BCUT2D eigenvalue weighted by Gasteiger charge is 2.20. The van der Waals surface area contributed by atoms with Crippen molar-refractivity contribution in [1.82, 2.24) is 15.1 Å². The maximum absolute atomic E-state index is 12.2. The van der Waals surface area contributed by atoms with Crippen LogP contribution in [0.3, 0.4) is 0 Å². The highest BCUT2D eigenvalue weighted by Crippen LogP contribution is 2.30. The zero-order valence-electron chi connectivity index (χ0n) is 14.8. The Balaban J connectivity index is 1.32. The second-order valence-electron chi connectivity index (χ2n) is 6.30. The van der Waals surface area contributed by atoms with E-state index in [0.717, 1.165) is 27.2 Å². The Morgan fingerprint density at radius 2 is 2.04 bits per heavy atom. The van der Waals surface area contributed by atoms with Crippen LogP contribution < -0.4 is 0 Å². The van der Waals surface area contributed by atoms with Gasteiger partial charge in [0.1, 0.15) is 0 Å². The van der Waals surface area contributed by atoms with Crippen LogP contribution in [-0.2, 0) is 22.7 Å². The number of thiophene rings is 1. The lowest BCUT2D eigenvalue weighted by Crippen LogP contribution is -2.23. The minimum atomic E-state index is -0.470. The van der Waals surface area contributed by atoms with Crippen molar-refractivity contribution in [2.75, 3.05) is 6.54 Å². The van der Waals surface area contributed by atoms with Crippen LogP contribution in [0.1, 0.15) is 34.7 Å². The quantitative estimate of drug-likeness (QED) is 0.514. The minimum absolute atomic E-state index is 0.0948. The molecular weight excluding hydrogens is 446 g/mol. The van der Waals surface area contributed by atoms with E-state index in [1.807, 2.05) is 29.2 Å². The average Bonchev–Trinajstić information content (AvgIpc) is 3.43. The standard InChI is InChI=1S/C19H16BrN3O4S/c20-15-8-7-14(28-15)18-22-21-16(27-18)11-26-19(25)13-5-3-12(4-6-13)10-23-9-1-2-17(23)24/h3-8H,1-2,9-11H2. The van der Waals surface area contributed by atoms with Crippen molar-refractivity contribution >= 4 is 39.1 Å². The van der Waals surface area contributed by atoms with Gasteiger partial charge in [-0.1, -0.05) is 12.1 Å². The molecule has 2 aromatic heterocycles.